The molecule has 4 nitrogen and oxygen atoms in total. The van der Waals surface area contributed by atoms with Gasteiger partial charge in [0.25, 0.3) is 0 Å². The molecule has 1 amide bonds. The third-order valence-electron chi connectivity index (χ3n) is 4.16. The van der Waals surface area contributed by atoms with E-state index in [-0.39, 0.29) is 11.2 Å². The topological polar surface area (TPSA) is 46.9 Å². The molecule has 1 N–H and O–H groups in total. The number of amides is 1. The number of carbonyl (C=O) groups is 1. The minimum atomic E-state index is -0.296. The SMILES string of the molecule is Cc1ccccc1NC(=O)C(C)Sc1nccn1-c1cccc(Cl)c1C. The highest BCUT2D eigenvalue weighted by atomic mass is 35.5. The number of hydrogen-bond donors (Lipinski definition) is 1. The van der Waals surface area contributed by atoms with E-state index in [9.17, 15) is 4.79 Å². The summed E-state index contributed by atoms with van der Waals surface area (Å²) in [6.45, 7) is 5.82. The van der Waals surface area contributed by atoms with Gasteiger partial charge >= 0.3 is 0 Å². The number of rotatable bonds is 5. The number of aromatic nitrogens is 2. The zero-order valence-corrected chi connectivity index (χ0v) is 16.4. The zero-order chi connectivity index (χ0) is 18.7. The first-order valence-electron chi connectivity index (χ1n) is 8.29. The average molecular weight is 386 g/mol. The van der Waals surface area contributed by atoms with Crippen LogP contribution in [0.5, 0.6) is 0 Å². The van der Waals surface area contributed by atoms with Crippen LogP contribution in [0.1, 0.15) is 18.1 Å². The summed E-state index contributed by atoms with van der Waals surface area (Å²) in [6, 6.07) is 13.5. The second kappa shape index (κ2) is 7.98. The number of halogens is 1. The molecule has 1 unspecified atom stereocenters. The first-order chi connectivity index (χ1) is 12.5. The Bertz CT molecular complexity index is 938. The smallest absolute Gasteiger partial charge is 0.237 e. The molecule has 134 valence electrons. The lowest BCUT2D eigenvalue weighted by molar-refractivity contribution is -0.115. The fraction of sp³-hybridized carbons (Fsp3) is 0.200. The minimum Gasteiger partial charge on any atom is -0.325 e. The van der Waals surface area contributed by atoms with Gasteiger partial charge in [-0.2, -0.15) is 0 Å². The number of thioether (sulfide) groups is 1. The Morgan fingerprint density at radius 2 is 1.96 bits per heavy atom. The quantitative estimate of drug-likeness (QED) is 0.609. The van der Waals surface area contributed by atoms with Gasteiger partial charge in [-0.15, -0.1) is 0 Å². The Morgan fingerprint density at radius 1 is 1.19 bits per heavy atom. The van der Waals surface area contributed by atoms with Crippen molar-refractivity contribution in [3.63, 3.8) is 0 Å². The third kappa shape index (κ3) is 3.94. The predicted molar refractivity (Wildman–Crippen MR) is 108 cm³/mol. The molecule has 0 aliphatic carbocycles. The normalized spacial score (nSPS) is 12.0. The molecule has 26 heavy (non-hydrogen) atoms. The molecule has 0 radical (unpaired) electrons. The summed E-state index contributed by atoms with van der Waals surface area (Å²) in [5, 5.41) is 4.15. The monoisotopic (exact) mass is 385 g/mol. The fourth-order valence-corrected chi connectivity index (χ4v) is 3.62. The number of carbonyl (C=O) groups excluding carboxylic acids is 1. The molecule has 1 heterocycles. The van der Waals surface area contributed by atoms with Crippen molar-refractivity contribution in [1.82, 2.24) is 9.55 Å². The van der Waals surface area contributed by atoms with E-state index in [2.05, 4.69) is 10.3 Å². The summed E-state index contributed by atoms with van der Waals surface area (Å²) in [7, 11) is 0. The standard InChI is InChI=1S/C20H20ClN3OS/c1-13-7-4-5-9-17(13)23-19(25)15(3)26-20-22-11-12-24(20)18-10-6-8-16(21)14(18)2/h4-12,15H,1-3H3,(H,23,25). The molecule has 2 aromatic carbocycles. The lowest BCUT2D eigenvalue weighted by Crippen LogP contribution is -2.23. The lowest BCUT2D eigenvalue weighted by atomic mass is 10.2. The van der Waals surface area contributed by atoms with Crippen LogP contribution >= 0.6 is 23.4 Å². The van der Waals surface area contributed by atoms with E-state index < -0.39 is 0 Å². The molecule has 3 rings (SSSR count). The largest absolute Gasteiger partial charge is 0.325 e. The summed E-state index contributed by atoms with van der Waals surface area (Å²) < 4.78 is 1.96. The second-order valence-corrected chi connectivity index (χ2v) is 7.74. The van der Waals surface area contributed by atoms with Crippen molar-refractivity contribution in [2.45, 2.75) is 31.2 Å². The van der Waals surface area contributed by atoms with Crippen LogP contribution in [-0.4, -0.2) is 20.7 Å². The molecule has 0 spiro atoms. The van der Waals surface area contributed by atoms with Crippen LogP contribution in [0.15, 0.2) is 60.0 Å². The van der Waals surface area contributed by atoms with Crippen LogP contribution in [0.2, 0.25) is 5.02 Å². The van der Waals surface area contributed by atoms with Crippen LogP contribution in [0.3, 0.4) is 0 Å². The van der Waals surface area contributed by atoms with E-state index in [1.54, 1.807) is 6.20 Å². The van der Waals surface area contributed by atoms with Gasteiger partial charge in [-0.05, 0) is 50.1 Å². The highest BCUT2D eigenvalue weighted by molar-refractivity contribution is 8.00. The lowest BCUT2D eigenvalue weighted by Gasteiger charge is -2.15. The molecular formula is C20H20ClN3OS. The van der Waals surface area contributed by atoms with Crippen LogP contribution < -0.4 is 5.32 Å². The maximum atomic E-state index is 12.6. The van der Waals surface area contributed by atoms with E-state index in [1.165, 1.54) is 11.8 Å². The Labute approximate surface area is 162 Å². The Kier molecular flexibility index (Phi) is 5.69. The van der Waals surface area contributed by atoms with Gasteiger partial charge in [-0.1, -0.05) is 47.6 Å². The van der Waals surface area contributed by atoms with Crippen molar-refractivity contribution in [2.75, 3.05) is 5.32 Å². The van der Waals surface area contributed by atoms with Crippen LogP contribution in [0.25, 0.3) is 5.69 Å². The summed E-state index contributed by atoms with van der Waals surface area (Å²) in [4.78, 5) is 17.0. The van der Waals surface area contributed by atoms with Gasteiger partial charge in [-0.25, -0.2) is 4.98 Å². The van der Waals surface area contributed by atoms with Crippen molar-refractivity contribution in [3.05, 3.63) is 71.0 Å². The number of imidazole rings is 1. The molecule has 1 aromatic heterocycles. The van der Waals surface area contributed by atoms with Crippen LogP contribution in [0.4, 0.5) is 5.69 Å². The highest BCUT2D eigenvalue weighted by Gasteiger charge is 2.19. The summed E-state index contributed by atoms with van der Waals surface area (Å²) in [6.07, 6.45) is 3.61. The van der Waals surface area contributed by atoms with Crippen molar-refractivity contribution in [1.29, 1.82) is 0 Å². The molecule has 0 saturated carbocycles. The third-order valence-corrected chi connectivity index (χ3v) is 5.65. The van der Waals surface area contributed by atoms with Crippen LogP contribution in [-0.2, 0) is 4.79 Å². The van der Waals surface area contributed by atoms with Crippen molar-refractivity contribution >= 4 is 35.0 Å². The molecule has 0 aliphatic heterocycles. The van der Waals surface area contributed by atoms with E-state index >= 15 is 0 Å². The van der Waals surface area contributed by atoms with E-state index in [0.29, 0.717) is 5.02 Å². The van der Waals surface area contributed by atoms with Gasteiger partial charge in [0.05, 0.1) is 10.9 Å². The number of nitrogens with one attached hydrogen (secondary N) is 1. The van der Waals surface area contributed by atoms with Crippen molar-refractivity contribution in [3.8, 4) is 5.69 Å². The second-order valence-electron chi connectivity index (χ2n) is 6.03. The minimum absolute atomic E-state index is 0.0540. The summed E-state index contributed by atoms with van der Waals surface area (Å²) >= 11 is 7.66. The fourth-order valence-electron chi connectivity index (χ4n) is 2.58. The number of benzene rings is 2. The first-order valence-corrected chi connectivity index (χ1v) is 9.55. The Balaban J connectivity index is 1.78. The molecule has 0 saturated heterocycles. The van der Waals surface area contributed by atoms with Gasteiger partial charge in [0.1, 0.15) is 0 Å². The van der Waals surface area contributed by atoms with E-state index in [1.807, 2.05) is 74.0 Å². The maximum Gasteiger partial charge on any atom is 0.237 e. The predicted octanol–water partition coefficient (Wildman–Crippen LogP) is 5.26. The van der Waals surface area contributed by atoms with Crippen LogP contribution in [0, 0.1) is 13.8 Å². The number of aryl methyl sites for hydroxylation is 1. The van der Waals surface area contributed by atoms with Crippen molar-refractivity contribution < 1.29 is 4.79 Å². The molecule has 6 heteroatoms. The molecule has 1 atom stereocenters. The van der Waals surface area contributed by atoms with Crippen molar-refractivity contribution in [2.24, 2.45) is 0 Å². The Morgan fingerprint density at radius 3 is 2.73 bits per heavy atom. The Hall–Kier alpha value is -2.24. The van der Waals surface area contributed by atoms with Gasteiger partial charge in [0, 0.05) is 23.1 Å². The van der Waals surface area contributed by atoms with E-state index in [4.69, 9.17) is 11.6 Å². The molecule has 0 aliphatic rings. The molecule has 3 aromatic rings. The molecule has 0 fully saturated rings. The number of para-hydroxylation sites is 1. The zero-order valence-electron chi connectivity index (χ0n) is 14.9. The summed E-state index contributed by atoms with van der Waals surface area (Å²) in [5.74, 6) is -0.0540. The van der Waals surface area contributed by atoms with Gasteiger partial charge in [0.15, 0.2) is 5.16 Å². The first kappa shape index (κ1) is 18.5. The summed E-state index contributed by atoms with van der Waals surface area (Å²) in [5.41, 5.74) is 3.81. The number of anilines is 1. The average Bonchev–Trinajstić information content (AvgIpc) is 3.07. The van der Waals surface area contributed by atoms with Gasteiger partial charge in [-0.3, -0.25) is 9.36 Å². The maximum absolute atomic E-state index is 12.6. The van der Waals surface area contributed by atoms with E-state index in [0.717, 1.165) is 27.7 Å². The van der Waals surface area contributed by atoms with Gasteiger partial charge in [0.2, 0.25) is 5.91 Å². The molecular weight excluding hydrogens is 366 g/mol. The molecule has 0 bridgehead atoms. The number of hydrogen-bond acceptors (Lipinski definition) is 3. The highest BCUT2D eigenvalue weighted by Crippen LogP contribution is 2.29. The number of nitrogens with zero attached hydrogens (tertiary/aromatic N) is 2. The van der Waals surface area contributed by atoms with Gasteiger partial charge < -0.3 is 5.32 Å².